The maximum absolute atomic E-state index is 12.6. The van der Waals surface area contributed by atoms with Crippen molar-refractivity contribution in [3.63, 3.8) is 0 Å². The highest BCUT2D eigenvalue weighted by atomic mass is 32.2. The Labute approximate surface area is 206 Å². The van der Waals surface area contributed by atoms with Crippen LogP contribution >= 0.6 is 23.1 Å². The fourth-order valence-corrected chi connectivity index (χ4v) is 8.72. The van der Waals surface area contributed by atoms with Gasteiger partial charge in [0.2, 0.25) is 5.91 Å². The fourth-order valence-electron chi connectivity index (χ4n) is 6.29. The number of carbonyl (C=O) groups excluding carboxylic acids is 2. The van der Waals surface area contributed by atoms with Crippen molar-refractivity contribution in [2.24, 2.45) is 11.8 Å². The normalized spacial score (nSPS) is 33.5. The van der Waals surface area contributed by atoms with Gasteiger partial charge in [0.1, 0.15) is 16.2 Å². The number of fused-ring (bicyclic) bond motifs is 5. The fraction of sp³-hybridized carbons (Fsp3) is 0.609. The third-order valence-corrected chi connectivity index (χ3v) is 10.5. The topological polar surface area (TPSA) is 101 Å². The summed E-state index contributed by atoms with van der Waals surface area (Å²) in [4.78, 5) is 35.0. The molecule has 5 aliphatic rings. The van der Waals surface area contributed by atoms with Gasteiger partial charge < -0.3 is 24.4 Å². The molecule has 0 spiro atoms. The van der Waals surface area contributed by atoms with Crippen molar-refractivity contribution in [2.75, 3.05) is 51.6 Å². The second-order valence-electron chi connectivity index (χ2n) is 10.1. The van der Waals surface area contributed by atoms with Crippen LogP contribution in [0.5, 0.6) is 0 Å². The average Bonchev–Trinajstić information content (AvgIpc) is 3.45. The Bertz CT molecular complexity index is 1180. The van der Waals surface area contributed by atoms with Crippen LogP contribution in [0.25, 0.3) is 10.4 Å². The largest absolute Gasteiger partial charge is 0.543 e. The van der Waals surface area contributed by atoms with E-state index < -0.39 is 18.0 Å². The number of quaternary nitrogens is 1. The first-order valence-electron chi connectivity index (χ1n) is 11.9. The second kappa shape index (κ2) is 8.06. The lowest BCUT2D eigenvalue weighted by Crippen LogP contribution is -2.67. The number of amides is 1. The summed E-state index contributed by atoms with van der Waals surface area (Å²) in [5.74, 6) is -1.46. The monoisotopic (exact) mass is 503 g/mol. The van der Waals surface area contributed by atoms with E-state index in [0.717, 1.165) is 27.0 Å². The lowest BCUT2D eigenvalue weighted by atomic mass is 9.77. The van der Waals surface area contributed by atoms with Crippen molar-refractivity contribution in [1.29, 1.82) is 0 Å². The van der Waals surface area contributed by atoms with Gasteiger partial charge in [-0.2, -0.15) is 0 Å². The zero-order valence-corrected chi connectivity index (χ0v) is 21.0. The number of carbonyl (C=O) groups is 2. The van der Waals surface area contributed by atoms with Crippen molar-refractivity contribution in [3.05, 3.63) is 23.1 Å². The van der Waals surface area contributed by atoms with Crippen molar-refractivity contribution in [2.45, 2.75) is 31.0 Å². The molecular weight excluding hydrogens is 474 g/mol. The number of aliphatic carboxylic acids is 1. The Kier molecular flexibility index (Phi) is 5.34. The molecule has 7 heterocycles. The minimum Gasteiger partial charge on any atom is -0.543 e. The number of thioether (sulfide) groups is 1. The minimum absolute atomic E-state index is 0.0499. The molecule has 9 nitrogen and oxygen atoms in total. The molecule has 0 unspecified atom stereocenters. The van der Waals surface area contributed by atoms with E-state index in [4.69, 9.17) is 0 Å². The zero-order chi connectivity index (χ0) is 23.8. The number of carboxylic acids is 1. The molecule has 0 aliphatic carbocycles. The summed E-state index contributed by atoms with van der Waals surface area (Å²) in [6, 6.07) is -0.345. The van der Waals surface area contributed by atoms with Gasteiger partial charge in [0.15, 0.2) is 0 Å². The average molecular weight is 504 g/mol. The van der Waals surface area contributed by atoms with Gasteiger partial charge in [-0.3, -0.25) is 14.1 Å². The van der Waals surface area contributed by atoms with Gasteiger partial charge in [-0.15, -0.1) is 11.3 Å². The predicted molar refractivity (Wildman–Crippen MR) is 127 cm³/mol. The zero-order valence-electron chi connectivity index (χ0n) is 19.3. The van der Waals surface area contributed by atoms with Gasteiger partial charge >= 0.3 is 0 Å². The lowest BCUT2D eigenvalue weighted by molar-refractivity contribution is -0.938. The smallest absolute Gasteiger partial charge is 0.235 e. The van der Waals surface area contributed by atoms with Crippen LogP contribution in [-0.2, 0) is 9.59 Å². The van der Waals surface area contributed by atoms with Crippen LogP contribution in [0.3, 0.4) is 0 Å². The van der Waals surface area contributed by atoms with Crippen molar-refractivity contribution < 1.29 is 24.3 Å². The van der Waals surface area contributed by atoms with E-state index in [1.807, 2.05) is 17.5 Å². The van der Waals surface area contributed by atoms with Gasteiger partial charge in [0.05, 0.1) is 60.8 Å². The number of hydrogen-bond donors (Lipinski definition) is 1. The van der Waals surface area contributed by atoms with Gasteiger partial charge in [-0.25, -0.2) is 4.98 Å². The van der Waals surface area contributed by atoms with Crippen molar-refractivity contribution in [1.82, 2.24) is 19.2 Å². The highest BCUT2D eigenvalue weighted by Gasteiger charge is 2.58. The highest BCUT2D eigenvalue weighted by molar-refractivity contribution is 7.99. The molecule has 0 aromatic carbocycles. The number of aromatic nitrogens is 2. The Morgan fingerprint density at radius 2 is 2.06 bits per heavy atom. The first kappa shape index (κ1) is 22.5. The number of thiazole rings is 1. The summed E-state index contributed by atoms with van der Waals surface area (Å²) in [6.45, 7) is 12.0. The Balaban J connectivity index is 1.25. The molecule has 2 aromatic rings. The molecule has 1 amide bonds. The predicted octanol–water partition coefficient (Wildman–Crippen LogP) is -0.0476. The second-order valence-corrected chi connectivity index (χ2v) is 12.2. The Morgan fingerprint density at radius 3 is 2.71 bits per heavy atom. The molecule has 34 heavy (non-hydrogen) atoms. The van der Waals surface area contributed by atoms with Crippen LogP contribution in [0.1, 0.15) is 18.7 Å². The lowest BCUT2D eigenvalue weighted by Gasteiger charge is -2.50. The molecular formula is C23H29N5O4S2. The maximum atomic E-state index is 12.6. The van der Waals surface area contributed by atoms with Crippen LogP contribution in [0.2, 0.25) is 0 Å². The third kappa shape index (κ3) is 3.28. The van der Waals surface area contributed by atoms with E-state index >= 15 is 0 Å². The molecule has 1 N–H and O–H groups in total. The summed E-state index contributed by atoms with van der Waals surface area (Å²) >= 11 is 3.28. The molecule has 182 valence electrons. The van der Waals surface area contributed by atoms with Crippen LogP contribution in [0.4, 0.5) is 0 Å². The van der Waals surface area contributed by atoms with Crippen molar-refractivity contribution in [3.8, 4) is 0 Å². The van der Waals surface area contributed by atoms with Crippen LogP contribution in [0.15, 0.2) is 23.2 Å². The quantitative estimate of drug-likeness (QED) is 0.321. The summed E-state index contributed by atoms with van der Waals surface area (Å²) in [5.41, 5.74) is 0.571. The summed E-state index contributed by atoms with van der Waals surface area (Å²) in [7, 11) is 0. The molecule has 0 radical (unpaired) electrons. The number of carboxylic acid groups (broad SMARTS) is 1. The summed E-state index contributed by atoms with van der Waals surface area (Å²) in [5, 5.41) is 23.1. The van der Waals surface area contributed by atoms with Crippen LogP contribution < -0.4 is 5.11 Å². The molecule has 4 saturated heterocycles. The van der Waals surface area contributed by atoms with E-state index in [1.165, 1.54) is 60.0 Å². The molecule has 5 aliphatic heterocycles. The molecule has 2 aromatic heterocycles. The molecule has 0 saturated carbocycles. The van der Waals surface area contributed by atoms with Gasteiger partial charge in [-0.05, 0) is 6.92 Å². The SMILES string of the molecule is C[C@@H](O)[C@H]1C(=O)N2C(C(=O)[O-])=C(c3cn4cnc(SCC[N+]56CCN(CC5)CC6)c4s3)[C@H](C)[C@H]12. The van der Waals surface area contributed by atoms with Crippen LogP contribution in [0, 0.1) is 11.8 Å². The molecule has 4 atom stereocenters. The Morgan fingerprint density at radius 1 is 1.35 bits per heavy atom. The molecule has 2 bridgehead atoms. The van der Waals surface area contributed by atoms with E-state index in [0.29, 0.717) is 5.57 Å². The summed E-state index contributed by atoms with van der Waals surface area (Å²) in [6.07, 6.45) is 2.87. The molecule has 7 rings (SSSR count). The van der Waals surface area contributed by atoms with E-state index in [1.54, 1.807) is 25.0 Å². The number of β-lactam (4-membered cyclic amide) rings is 1. The first-order valence-corrected chi connectivity index (χ1v) is 13.7. The van der Waals surface area contributed by atoms with Crippen molar-refractivity contribution >= 4 is 45.4 Å². The van der Waals surface area contributed by atoms with E-state index in [9.17, 15) is 19.8 Å². The van der Waals surface area contributed by atoms with Gasteiger partial charge in [-0.1, -0.05) is 18.7 Å². The minimum atomic E-state index is -1.34. The number of nitrogens with zero attached hydrogens (tertiary/aromatic N) is 5. The van der Waals surface area contributed by atoms with Crippen LogP contribution in [-0.4, -0.2) is 104 Å². The van der Waals surface area contributed by atoms with Gasteiger partial charge in [0, 0.05) is 43.1 Å². The van der Waals surface area contributed by atoms with Gasteiger partial charge in [0.25, 0.3) is 0 Å². The maximum Gasteiger partial charge on any atom is 0.235 e. The summed E-state index contributed by atoms with van der Waals surface area (Å²) < 4.78 is 3.16. The van der Waals surface area contributed by atoms with E-state index in [2.05, 4.69) is 9.88 Å². The third-order valence-electron chi connectivity index (χ3n) is 8.29. The first-order chi connectivity index (χ1) is 16.3. The number of aliphatic hydroxyl groups excluding tert-OH is 1. The van der Waals surface area contributed by atoms with E-state index in [-0.39, 0.29) is 23.6 Å². The number of aliphatic hydroxyl groups is 1. The highest BCUT2D eigenvalue weighted by Crippen LogP contribution is 2.51. The molecule has 4 fully saturated rings. The number of hydrogen-bond acceptors (Lipinski definition) is 8. The number of imidazole rings is 1. The number of piperazine rings is 3. The standard InChI is InChI=1S/C23H29N5O4S2/c1-13-16(19(23(31)32)27-18(13)17(14(2)29)21(27)30)15-11-26-12-24-20(22(26)34-15)33-10-9-28-6-3-25(4-7-28)5-8-28/h11-14,17-18,29H,3-10H2,1-2H3/t13-,14+,17+,18+/m0/s1. The Hall–Kier alpha value is -1.92. The number of rotatable bonds is 7. The molecule has 11 heteroatoms.